The summed E-state index contributed by atoms with van der Waals surface area (Å²) in [6, 6.07) is 8.93. The number of amides is 1. The van der Waals surface area contributed by atoms with E-state index in [4.69, 9.17) is 30.3 Å². The molecule has 10 heteroatoms. The number of aryl methyl sites for hydroxylation is 1. The van der Waals surface area contributed by atoms with Gasteiger partial charge in [-0.05, 0) is 56.0 Å². The van der Waals surface area contributed by atoms with Crippen molar-refractivity contribution in [2.75, 3.05) is 27.4 Å². The molecule has 0 saturated carbocycles. The van der Waals surface area contributed by atoms with Crippen molar-refractivity contribution in [1.82, 2.24) is 10.1 Å². The minimum absolute atomic E-state index is 0.0109. The predicted octanol–water partition coefficient (Wildman–Crippen LogP) is 5.24. The Labute approximate surface area is 219 Å². The average molecular weight is 531 g/mol. The van der Waals surface area contributed by atoms with Crippen molar-refractivity contribution in [3.05, 3.63) is 64.1 Å². The van der Waals surface area contributed by atoms with Crippen LogP contribution in [0.4, 0.5) is 4.39 Å². The molecule has 1 fully saturated rings. The van der Waals surface area contributed by atoms with Crippen LogP contribution in [0.25, 0.3) is 11.3 Å². The maximum Gasteiger partial charge on any atom is 0.328 e. The Bertz CT molecular complexity index is 1270. The van der Waals surface area contributed by atoms with Gasteiger partial charge in [0.1, 0.15) is 28.9 Å². The molecule has 196 valence electrons. The molecule has 3 aromatic rings. The first-order valence-electron chi connectivity index (χ1n) is 11.9. The molecule has 0 spiro atoms. The van der Waals surface area contributed by atoms with Crippen LogP contribution in [0, 0.1) is 12.7 Å². The van der Waals surface area contributed by atoms with Gasteiger partial charge in [-0.3, -0.25) is 4.79 Å². The fourth-order valence-corrected chi connectivity index (χ4v) is 4.74. The third kappa shape index (κ3) is 5.56. The van der Waals surface area contributed by atoms with Gasteiger partial charge in [0.2, 0.25) is 0 Å². The molecule has 37 heavy (non-hydrogen) atoms. The van der Waals surface area contributed by atoms with E-state index in [1.807, 2.05) is 12.1 Å². The van der Waals surface area contributed by atoms with E-state index >= 15 is 0 Å². The number of piperidine rings is 1. The number of nitrogens with zero attached hydrogens (tertiary/aromatic N) is 2. The number of carbonyl (C=O) groups is 2. The molecular weight excluding hydrogens is 503 g/mol. The van der Waals surface area contributed by atoms with Crippen molar-refractivity contribution in [1.29, 1.82) is 0 Å². The smallest absolute Gasteiger partial charge is 0.328 e. The average Bonchev–Trinajstić information content (AvgIpc) is 3.28. The molecular formula is C27H28ClFN2O6. The number of benzene rings is 2. The van der Waals surface area contributed by atoms with Crippen molar-refractivity contribution in [3.63, 3.8) is 0 Å². The fourth-order valence-electron chi connectivity index (χ4n) is 4.48. The van der Waals surface area contributed by atoms with E-state index in [-0.39, 0.29) is 34.2 Å². The second-order valence-corrected chi connectivity index (χ2v) is 9.08. The largest absolute Gasteiger partial charge is 0.493 e. The molecule has 1 aliphatic rings. The van der Waals surface area contributed by atoms with Gasteiger partial charge in [-0.1, -0.05) is 28.9 Å². The zero-order chi connectivity index (χ0) is 26.5. The second-order valence-electron chi connectivity index (χ2n) is 8.68. The number of methoxy groups -OCH3 is 2. The van der Waals surface area contributed by atoms with E-state index in [1.165, 1.54) is 23.1 Å². The number of likely N-dealkylation sites (tertiary alicyclic amines) is 1. The molecule has 1 unspecified atom stereocenters. The van der Waals surface area contributed by atoms with Crippen LogP contribution >= 0.6 is 11.6 Å². The molecule has 0 aliphatic carbocycles. The minimum Gasteiger partial charge on any atom is -0.493 e. The van der Waals surface area contributed by atoms with Crippen LogP contribution in [-0.4, -0.2) is 55.3 Å². The van der Waals surface area contributed by atoms with Crippen LogP contribution in [0.5, 0.6) is 11.5 Å². The molecule has 0 bridgehead atoms. The van der Waals surface area contributed by atoms with Gasteiger partial charge >= 0.3 is 5.97 Å². The standard InChI is InChI=1S/C27H28ClFN2O6/c1-16-23(25(30-37-16)24-18(28)7-6-8-19(24)29)26(32)31-13-5-4-9-20(31)27(33)36-14-12-17-10-11-21(34-2)22(15-17)35-3/h6-8,10-11,15,20H,4-5,9,12-14H2,1-3H3. The topological polar surface area (TPSA) is 91.1 Å². The summed E-state index contributed by atoms with van der Waals surface area (Å²) in [4.78, 5) is 28.2. The molecule has 0 N–H and O–H groups in total. The van der Waals surface area contributed by atoms with Crippen LogP contribution < -0.4 is 9.47 Å². The summed E-state index contributed by atoms with van der Waals surface area (Å²) in [5.41, 5.74) is 0.984. The van der Waals surface area contributed by atoms with Crippen molar-refractivity contribution < 1.29 is 32.7 Å². The van der Waals surface area contributed by atoms with Gasteiger partial charge in [0.15, 0.2) is 11.5 Å². The third-order valence-corrected chi connectivity index (χ3v) is 6.71. The van der Waals surface area contributed by atoms with Crippen molar-refractivity contribution >= 4 is 23.5 Å². The first-order chi connectivity index (χ1) is 17.8. The number of carbonyl (C=O) groups excluding carboxylic acids is 2. The minimum atomic E-state index is -0.773. The SMILES string of the molecule is COc1ccc(CCOC(=O)C2CCCCN2C(=O)c2c(-c3c(F)cccc3Cl)noc2C)cc1OC. The van der Waals surface area contributed by atoms with Gasteiger partial charge < -0.3 is 23.6 Å². The van der Waals surface area contributed by atoms with Gasteiger partial charge in [-0.15, -0.1) is 0 Å². The molecule has 1 atom stereocenters. The van der Waals surface area contributed by atoms with E-state index in [1.54, 1.807) is 27.2 Å². The van der Waals surface area contributed by atoms with Crippen LogP contribution in [0.2, 0.25) is 5.02 Å². The monoisotopic (exact) mass is 530 g/mol. The maximum absolute atomic E-state index is 14.6. The lowest BCUT2D eigenvalue weighted by Gasteiger charge is -2.34. The number of hydrogen-bond acceptors (Lipinski definition) is 7. The van der Waals surface area contributed by atoms with Gasteiger partial charge in [0.05, 0.1) is 31.4 Å². The highest BCUT2D eigenvalue weighted by Gasteiger charge is 2.37. The first kappa shape index (κ1) is 26.5. The molecule has 1 aliphatic heterocycles. The predicted molar refractivity (Wildman–Crippen MR) is 135 cm³/mol. The van der Waals surface area contributed by atoms with Gasteiger partial charge in [0.25, 0.3) is 5.91 Å². The number of ether oxygens (including phenoxy) is 3. The first-order valence-corrected chi connectivity index (χ1v) is 12.3. The van der Waals surface area contributed by atoms with Crippen molar-refractivity contribution in [3.8, 4) is 22.8 Å². The van der Waals surface area contributed by atoms with Crippen LogP contribution in [0.1, 0.15) is 40.9 Å². The highest BCUT2D eigenvalue weighted by molar-refractivity contribution is 6.33. The Morgan fingerprint density at radius 1 is 1.16 bits per heavy atom. The zero-order valence-electron chi connectivity index (χ0n) is 20.9. The van der Waals surface area contributed by atoms with E-state index < -0.39 is 23.7 Å². The molecule has 4 rings (SSSR count). The third-order valence-electron chi connectivity index (χ3n) is 6.39. The summed E-state index contributed by atoms with van der Waals surface area (Å²) in [5, 5.41) is 4.02. The second kappa shape index (κ2) is 11.6. The van der Waals surface area contributed by atoms with Crippen LogP contribution in [0.3, 0.4) is 0 Å². The summed E-state index contributed by atoms with van der Waals surface area (Å²) in [7, 11) is 3.12. The number of hydrogen-bond donors (Lipinski definition) is 0. The maximum atomic E-state index is 14.6. The quantitative estimate of drug-likeness (QED) is 0.368. The Morgan fingerprint density at radius 3 is 2.68 bits per heavy atom. The number of rotatable bonds is 8. The summed E-state index contributed by atoms with van der Waals surface area (Å²) in [6.07, 6.45) is 2.42. The zero-order valence-corrected chi connectivity index (χ0v) is 21.6. The summed E-state index contributed by atoms with van der Waals surface area (Å²) < 4.78 is 36.0. The lowest BCUT2D eigenvalue weighted by molar-refractivity contribution is -0.150. The highest BCUT2D eigenvalue weighted by atomic mass is 35.5. The normalized spacial score (nSPS) is 15.4. The summed E-state index contributed by atoms with van der Waals surface area (Å²) in [6.45, 7) is 2.05. The Hall–Kier alpha value is -3.59. The Balaban J connectivity index is 1.50. The molecule has 2 aromatic carbocycles. The lowest BCUT2D eigenvalue weighted by atomic mass is 9.99. The van der Waals surface area contributed by atoms with Gasteiger partial charge in [-0.25, -0.2) is 9.18 Å². The van der Waals surface area contributed by atoms with Gasteiger partial charge in [-0.2, -0.15) is 0 Å². The summed E-state index contributed by atoms with van der Waals surface area (Å²) in [5.74, 6) is -0.183. The molecule has 8 nitrogen and oxygen atoms in total. The van der Waals surface area contributed by atoms with E-state index in [0.29, 0.717) is 30.9 Å². The van der Waals surface area contributed by atoms with E-state index in [9.17, 15) is 14.0 Å². The molecule has 0 radical (unpaired) electrons. The molecule has 1 amide bonds. The fraction of sp³-hybridized carbons (Fsp3) is 0.370. The number of halogens is 2. The molecule has 2 heterocycles. The van der Waals surface area contributed by atoms with E-state index in [0.717, 1.165) is 18.4 Å². The van der Waals surface area contributed by atoms with Crippen molar-refractivity contribution in [2.24, 2.45) is 0 Å². The van der Waals surface area contributed by atoms with Crippen molar-refractivity contribution in [2.45, 2.75) is 38.6 Å². The van der Waals surface area contributed by atoms with Crippen LogP contribution in [-0.2, 0) is 16.0 Å². The van der Waals surface area contributed by atoms with Crippen LogP contribution in [0.15, 0.2) is 40.9 Å². The Kier molecular flexibility index (Phi) is 8.33. The molecule has 1 saturated heterocycles. The van der Waals surface area contributed by atoms with Gasteiger partial charge in [0, 0.05) is 13.0 Å². The number of aromatic nitrogens is 1. The Morgan fingerprint density at radius 2 is 1.95 bits per heavy atom. The molecule has 1 aromatic heterocycles. The number of esters is 1. The highest BCUT2D eigenvalue weighted by Crippen LogP contribution is 2.35. The summed E-state index contributed by atoms with van der Waals surface area (Å²) >= 11 is 6.22. The lowest BCUT2D eigenvalue weighted by Crippen LogP contribution is -2.49. The van der Waals surface area contributed by atoms with E-state index in [2.05, 4.69) is 5.16 Å².